The number of hydrogen-bond acceptors (Lipinski definition) is 5. The van der Waals surface area contributed by atoms with Crippen molar-refractivity contribution in [2.45, 2.75) is 19.8 Å². The molecule has 1 amide bonds. The number of fused-ring (bicyclic) bond motifs is 1. The zero-order valence-corrected chi connectivity index (χ0v) is 14.6. The zero-order valence-electron chi connectivity index (χ0n) is 13.8. The van der Waals surface area contributed by atoms with Crippen LogP contribution in [0.1, 0.15) is 28.1 Å². The largest absolute Gasteiger partial charge is 0.356 e. The number of carbonyl (C=O) groups excluding carboxylic acids is 1. The molecule has 1 N–H and O–H groups in total. The first-order chi connectivity index (χ1) is 12.1. The van der Waals surface area contributed by atoms with Gasteiger partial charge in [-0.3, -0.25) is 4.79 Å². The van der Waals surface area contributed by atoms with Crippen LogP contribution in [-0.2, 0) is 0 Å². The second-order valence-corrected chi connectivity index (χ2v) is 7.09. The fourth-order valence-electron chi connectivity index (χ4n) is 3.19. The predicted molar refractivity (Wildman–Crippen MR) is 98.0 cm³/mol. The Bertz CT molecular complexity index is 949. The molecule has 0 atom stereocenters. The van der Waals surface area contributed by atoms with Gasteiger partial charge in [0, 0.05) is 18.8 Å². The Hall–Kier alpha value is -2.54. The van der Waals surface area contributed by atoms with Crippen LogP contribution >= 0.6 is 11.3 Å². The van der Waals surface area contributed by atoms with Crippen LogP contribution in [0.5, 0.6) is 0 Å². The number of thiophene rings is 1. The third kappa shape index (κ3) is 2.95. The lowest BCUT2D eigenvalue weighted by atomic mass is 10.2. The molecule has 0 aliphatic carbocycles. The summed E-state index contributed by atoms with van der Waals surface area (Å²) in [7, 11) is 0. The van der Waals surface area contributed by atoms with Crippen molar-refractivity contribution < 1.29 is 9.18 Å². The Morgan fingerprint density at radius 1 is 1.28 bits per heavy atom. The minimum Gasteiger partial charge on any atom is -0.356 e. The molecule has 1 aliphatic heterocycles. The van der Waals surface area contributed by atoms with Crippen LogP contribution in [0.2, 0.25) is 0 Å². The lowest BCUT2D eigenvalue weighted by Crippen LogP contribution is -2.19. The van der Waals surface area contributed by atoms with E-state index in [1.165, 1.54) is 23.5 Å². The number of aryl methyl sites for hydroxylation is 1. The fourth-order valence-corrected chi connectivity index (χ4v) is 4.23. The zero-order chi connectivity index (χ0) is 17.4. The molecule has 1 fully saturated rings. The maximum atomic E-state index is 13.3. The smallest absolute Gasteiger partial charge is 0.266 e. The first-order valence-corrected chi connectivity index (χ1v) is 9.01. The van der Waals surface area contributed by atoms with Gasteiger partial charge in [-0.15, -0.1) is 11.3 Å². The van der Waals surface area contributed by atoms with Crippen LogP contribution in [0.4, 0.5) is 15.9 Å². The van der Waals surface area contributed by atoms with Crippen LogP contribution in [0, 0.1) is 12.7 Å². The molecule has 3 aromatic rings. The molecular formula is C18H17FN4OS. The lowest BCUT2D eigenvalue weighted by molar-refractivity contribution is 0.103. The molecular weight excluding hydrogens is 339 g/mol. The van der Waals surface area contributed by atoms with Crippen molar-refractivity contribution in [1.82, 2.24) is 9.97 Å². The van der Waals surface area contributed by atoms with E-state index in [1.807, 2.05) is 6.92 Å². The Morgan fingerprint density at radius 2 is 2.08 bits per heavy atom. The molecule has 128 valence electrons. The summed E-state index contributed by atoms with van der Waals surface area (Å²) in [6.45, 7) is 3.88. The second-order valence-electron chi connectivity index (χ2n) is 6.09. The van der Waals surface area contributed by atoms with E-state index in [9.17, 15) is 9.18 Å². The van der Waals surface area contributed by atoms with Crippen LogP contribution in [0.15, 0.2) is 30.6 Å². The number of nitrogens with zero attached hydrogens (tertiary/aromatic N) is 3. The molecule has 0 bridgehead atoms. The number of rotatable bonds is 3. The minimum atomic E-state index is -0.381. The summed E-state index contributed by atoms with van der Waals surface area (Å²) in [5, 5.41) is 3.70. The Kier molecular flexibility index (Phi) is 4.09. The molecule has 0 unspecified atom stereocenters. The summed E-state index contributed by atoms with van der Waals surface area (Å²) in [5.74, 6) is 0.271. The number of halogens is 1. The van der Waals surface area contributed by atoms with Gasteiger partial charge in [0.1, 0.15) is 22.8 Å². The number of nitrogens with one attached hydrogen (secondary N) is 1. The molecule has 3 heterocycles. The normalized spacial score (nSPS) is 14.2. The van der Waals surface area contributed by atoms with Crippen molar-refractivity contribution in [2.75, 3.05) is 23.3 Å². The lowest BCUT2D eigenvalue weighted by Gasteiger charge is -2.17. The molecule has 1 saturated heterocycles. The summed E-state index contributed by atoms with van der Waals surface area (Å²) >= 11 is 1.34. The van der Waals surface area contributed by atoms with E-state index in [0.717, 1.165) is 47.5 Å². The Morgan fingerprint density at radius 3 is 2.84 bits per heavy atom. The molecule has 0 spiro atoms. The maximum Gasteiger partial charge on any atom is 0.266 e. The number of benzene rings is 1. The van der Waals surface area contributed by atoms with Gasteiger partial charge >= 0.3 is 0 Å². The number of hydrogen-bond donors (Lipinski definition) is 1. The van der Waals surface area contributed by atoms with E-state index < -0.39 is 0 Å². The molecule has 2 aromatic heterocycles. The Balaban J connectivity index is 1.71. The van der Waals surface area contributed by atoms with Gasteiger partial charge in [-0.2, -0.15) is 0 Å². The van der Waals surface area contributed by atoms with E-state index in [1.54, 1.807) is 18.5 Å². The number of amides is 1. The van der Waals surface area contributed by atoms with Crippen molar-refractivity contribution in [1.29, 1.82) is 0 Å². The quantitative estimate of drug-likeness (QED) is 0.771. The van der Waals surface area contributed by atoms with Crippen molar-refractivity contribution in [3.63, 3.8) is 0 Å². The molecule has 25 heavy (non-hydrogen) atoms. The average Bonchev–Trinajstić information content (AvgIpc) is 3.23. The summed E-state index contributed by atoms with van der Waals surface area (Å²) < 4.78 is 13.3. The van der Waals surface area contributed by atoms with E-state index in [0.29, 0.717) is 10.6 Å². The summed E-state index contributed by atoms with van der Waals surface area (Å²) in [6, 6.07) is 5.88. The van der Waals surface area contributed by atoms with Gasteiger partial charge in [0.2, 0.25) is 0 Å². The highest BCUT2D eigenvalue weighted by Gasteiger charge is 2.23. The fraction of sp³-hybridized carbons (Fsp3) is 0.278. The van der Waals surface area contributed by atoms with E-state index in [2.05, 4.69) is 20.2 Å². The Labute approximate surface area is 148 Å². The maximum absolute atomic E-state index is 13.3. The summed E-state index contributed by atoms with van der Waals surface area (Å²) in [4.78, 5) is 25.1. The van der Waals surface area contributed by atoms with Crippen LogP contribution in [-0.4, -0.2) is 29.0 Å². The van der Waals surface area contributed by atoms with Gasteiger partial charge in [-0.1, -0.05) is 6.07 Å². The number of anilines is 2. The SMILES string of the molecule is Cc1c(C(=O)Nc2cccc(F)c2)sc2ncnc(N3CCCC3)c12. The van der Waals surface area contributed by atoms with Gasteiger partial charge < -0.3 is 10.2 Å². The summed E-state index contributed by atoms with van der Waals surface area (Å²) in [6.07, 6.45) is 3.86. The summed E-state index contributed by atoms with van der Waals surface area (Å²) in [5.41, 5.74) is 1.31. The molecule has 4 rings (SSSR count). The van der Waals surface area contributed by atoms with Gasteiger partial charge in [-0.25, -0.2) is 14.4 Å². The minimum absolute atomic E-state index is 0.251. The van der Waals surface area contributed by atoms with Crippen LogP contribution < -0.4 is 10.2 Å². The van der Waals surface area contributed by atoms with Gasteiger partial charge in [0.25, 0.3) is 5.91 Å². The van der Waals surface area contributed by atoms with Gasteiger partial charge in [-0.05, 0) is 43.5 Å². The molecule has 7 heteroatoms. The highest BCUT2D eigenvalue weighted by atomic mass is 32.1. The highest BCUT2D eigenvalue weighted by molar-refractivity contribution is 7.20. The second kappa shape index (κ2) is 6.40. The van der Waals surface area contributed by atoms with Crippen molar-refractivity contribution in [3.05, 3.63) is 46.9 Å². The molecule has 1 aliphatic rings. The first kappa shape index (κ1) is 16.0. The number of aromatic nitrogens is 2. The van der Waals surface area contributed by atoms with E-state index >= 15 is 0 Å². The molecule has 5 nitrogen and oxygen atoms in total. The molecule has 0 saturated carbocycles. The monoisotopic (exact) mass is 356 g/mol. The topological polar surface area (TPSA) is 58.1 Å². The van der Waals surface area contributed by atoms with Crippen LogP contribution in [0.3, 0.4) is 0 Å². The third-order valence-electron chi connectivity index (χ3n) is 4.40. The highest BCUT2D eigenvalue weighted by Crippen LogP contribution is 2.36. The van der Waals surface area contributed by atoms with Crippen molar-refractivity contribution in [3.8, 4) is 0 Å². The average molecular weight is 356 g/mol. The molecule has 0 radical (unpaired) electrons. The van der Waals surface area contributed by atoms with Crippen LogP contribution in [0.25, 0.3) is 10.2 Å². The van der Waals surface area contributed by atoms with E-state index in [4.69, 9.17) is 0 Å². The predicted octanol–water partition coefficient (Wildman–Crippen LogP) is 3.99. The van der Waals surface area contributed by atoms with Gasteiger partial charge in [0.05, 0.1) is 10.3 Å². The van der Waals surface area contributed by atoms with Crippen molar-refractivity contribution in [2.24, 2.45) is 0 Å². The van der Waals surface area contributed by atoms with Gasteiger partial charge in [0.15, 0.2) is 0 Å². The van der Waals surface area contributed by atoms with E-state index in [-0.39, 0.29) is 11.7 Å². The standard InChI is InChI=1S/C18H17FN4OS/c1-11-14-16(23-7-2-3-8-23)20-10-21-18(14)25-15(11)17(24)22-13-6-4-5-12(19)9-13/h4-6,9-10H,2-3,7-8H2,1H3,(H,22,24). The third-order valence-corrected chi connectivity index (χ3v) is 5.60. The molecule has 1 aromatic carbocycles. The first-order valence-electron chi connectivity index (χ1n) is 8.19. The number of carbonyl (C=O) groups is 1. The van der Waals surface area contributed by atoms with Crippen molar-refractivity contribution >= 4 is 39.0 Å².